The zero-order chi connectivity index (χ0) is 15.6. The zero-order valence-corrected chi connectivity index (χ0v) is 12.8. The summed E-state index contributed by atoms with van der Waals surface area (Å²) in [5.74, 6) is -0.413. The van der Waals surface area contributed by atoms with Crippen LogP contribution in [-0.4, -0.2) is 15.3 Å². The summed E-state index contributed by atoms with van der Waals surface area (Å²) in [6.07, 6.45) is 2.22. The summed E-state index contributed by atoms with van der Waals surface area (Å²) in [5.41, 5.74) is 4.36. The fourth-order valence-electron chi connectivity index (χ4n) is 2.87. The molecule has 0 aliphatic carbocycles. The molecule has 0 aliphatic heterocycles. The van der Waals surface area contributed by atoms with Gasteiger partial charge in [-0.3, -0.25) is 0 Å². The molecule has 2 aromatic carbocycles. The highest BCUT2D eigenvalue weighted by molar-refractivity contribution is 5.83. The van der Waals surface area contributed by atoms with Gasteiger partial charge < -0.3 is 15.3 Å². The lowest BCUT2D eigenvalue weighted by Crippen LogP contribution is -1.98. The van der Waals surface area contributed by atoms with Crippen LogP contribution in [0.3, 0.4) is 0 Å². The van der Waals surface area contributed by atoms with Gasteiger partial charge in [0.15, 0.2) is 11.5 Å². The van der Waals surface area contributed by atoms with Crippen molar-refractivity contribution < 1.29 is 15.3 Å². The smallest absolute Gasteiger partial charge is 0.166 e. The highest BCUT2D eigenvalue weighted by Crippen LogP contribution is 2.46. The van der Waals surface area contributed by atoms with E-state index in [1.807, 2.05) is 25.1 Å². The van der Waals surface area contributed by atoms with Crippen molar-refractivity contribution in [3.05, 3.63) is 41.0 Å². The number of rotatable bonds is 4. The second-order valence-electron chi connectivity index (χ2n) is 5.13. The molecule has 0 fully saturated rings. The standard InChI is InChI=1S/C18H22O3/c1-4-11-8-7-9-12(5-2)16(11)17-13(6-3)14(19)10-15(20)18(17)21/h7-10,19-21H,4-6H2,1-3H3. The third kappa shape index (κ3) is 2.56. The van der Waals surface area contributed by atoms with Crippen LogP contribution in [0.1, 0.15) is 37.5 Å². The molecule has 0 aromatic heterocycles. The van der Waals surface area contributed by atoms with Gasteiger partial charge in [0.1, 0.15) is 5.75 Å². The van der Waals surface area contributed by atoms with Crippen molar-refractivity contribution in [3.8, 4) is 28.4 Å². The minimum atomic E-state index is -0.285. The summed E-state index contributed by atoms with van der Waals surface area (Å²) in [6, 6.07) is 7.26. The quantitative estimate of drug-likeness (QED) is 0.584. The van der Waals surface area contributed by atoms with E-state index in [2.05, 4.69) is 13.8 Å². The van der Waals surface area contributed by atoms with Crippen LogP contribution in [0.5, 0.6) is 17.2 Å². The molecule has 0 spiro atoms. The normalized spacial score (nSPS) is 10.8. The van der Waals surface area contributed by atoms with Crippen LogP contribution in [0.25, 0.3) is 11.1 Å². The molecule has 2 aromatic rings. The number of hydrogen-bond donors (Lipinski definition) is 3. The third-order valence-electron chi connectivity index (χ3n) is 3.97. The lowest BCUT2D eigenvalue weighted by Gasteiger charge is -2.19. The average Bonchev–Trinajstić information content (AvgIpc) is 2.49. The van der Waals surface area contributed by atoms with E-state index < -0.39 is 0 Å². The number of phenolic OH excluding ortho intramolecular Hbond substituents is 3. The Labute approximate surface area is 125 Å². The molecule has 21 heavy (non-hydrogen) atoms. The first-order valence-corrected chi connectivity index (χ1v) is 7.42. The Kier molecular flexibility index (Phi) is 4.41. The van der Waals surface area contributed by atoms with Gasteiger partial charge in [-0.1, -0.05) is 39.0 Å². The van der Waals surface area contributed by atoms with Gasteiger partial charge in [0, 0.05) is 17.2 Å². The maximum Gasteiger partial charge on any atom is 0.166 e. The maximum absolute atomic E-state index is 10.4. The van der Waals surface area contributed by atoms with Gasteiger partial charge in [-0.2, -0.15) is 0 Å². The zero-order valence-electron chi connectivity index (χ0n) is 12.8. The van der Waals surface area contributed by atoms with Crippen LogP contribution in [0.15, 0.2) is 24.3 Å². The molecule has 0 saturated carbocycles. The Morgan fingerprint density at radius 3 is 1.81 bits per heavy atom. The monoisotopic (exact) mass is 286 g/mol. The first-order valence-electron chi connectivity index (χ1n) is 7.42. The SMILES string of the molecule is CCc1cccc(CC)c1-c1c(O)c(O)cc(O)c1CC. The lowest BCUT2D eigenvalue weighted by atomic mass is 9.87. The molecule has 0 radical (unpaired) electrons. The largest absolute Gasteiger partial charge is 0.508 e. The van der Waals surface area contributed by atoms with E-state index in [0.29, 0.717) is 17.5 Å². The number of benzene rings is 2. The summed E-state index contributed by atoms with van der Waals surface area (Å²) in [5, 5.41) is 30.4. The molecule has 3 N–H and O–H groups in total. The summed E-state index contributed by atoms with van der Waals surface area (Å²) in [7, 11) is 0. The number of aromatic hydroxyl groups is 3. The molecular weight excluding hydrogens is 264 g/mol. The maximum atomic E-state index is 10.4. The van der Waals surface area contributed by atoms with E-state index in [1.165, 1.54) is 6.07 Å². The summed E-state index contributed by atoms with van der Waals surface area (Å²) >= 11 is 0. The Morgan fingerprint density at radius 2 is 1.33 bits per heavy atom. The van der Waals surface area contributed by atoms with E-state index >= 15 is 0 Å². The molecule has 0 atom stereocenters. The van der Waals surface area contributed by atoms with Gasteiger partial charge in [-0.15, -0.1) is 0 Å². The number of phenols is 3. The summed E-state index contributed by atoms with van der Waals surface area (Å²) in [6.45, 7) is 6.04. The van der Waals surface area contributed by atoms with Gasteiger partial charge in [0.05, 0.1) is 0 Å². The summed E-state index contributed by atoms with van der Waals surface area (Å²) in [4.78, 5) is 0. The van der Waals surface area contributed by atoms with Crippen LogP contribution in [-0.2, 0) is 19.3 Å². The van der Waals surface area contributed by atoms with Gasteiger partial charge >= 0.3 is 0 Å². The lowest BCUT2D eigenvalue weighted by molar-refractivity contribution is 0.396. The number of aryl methyl sites for hydroxylation is 2. The fourth-order valence-corrected chi connectivity index (χ4v) is 2.87. The van der Waals surface area contributed by atoms with Crippen LogP contribution < -0.4 is 0 Å². The highest BCUT2D eigenvalue weighted by atomic mass is 16.3. The van der Waals surface area contributed by atoms with E-state index in [1.54, 1.807) is 0 Å². The van der Waals surface area contributed by atoms with E-state index in [4.69, 9.17) is 0 Å². The second-order valence-corrected chi connectivity index (χ2v) is 5.13. The van der Waals surface area contributed by atoms with Gasteiger partial charge in [0.2, 0.25) is 0 Å². The van der Waals surface area contributed by atoms with E-state index in [-0.39, 0.29) is 17.2 Å². The van der Waals surface area contributed by atoms with E-state index in [0.717, 1.165) is 29.5 Å². The van der Waals surface area contributed by atoms with Crippen molar-refractivity contribution in [1.82, 2.24) is 0 Å². The minimum Gasteiger partial charge on any atom is -0.508 e. The molecule has 0 aliphatic rings. The highest BCUT2D eigenvalue weighted by Gasteiger charge is 2.21. The number of hydrogen-bond acceptors (Lipinski definition) is 3. The Bertz CT molecular complexity index is 638. The first-order chi connectivity index (χ1) is 10.0. The van der Waals surface area contributed by atoms with Gasteiger partial charge in [0.25, 0.3) is 0 Å². The second kappa shape index (κ2) is 6.08. The van der Waals surface area contributed by atoms with Crippen molar-refractivity contribution in [2.75, 3.05) is 0 Å². The van der Waals surface area contributed by atoms with Crippen molar-refractivity contribution in [3.63, 3.8) is 0 Å². The molecule has 3 nitrogen and oxygen atoms in total. The van der Waals surface area contributed by atoms with Crippen LogP contribution in [0.2, 0.25) is 0 Å². The van der Waals surface area contributed by atoms with Gasteiger partial charge in [-0.25, -0.2) is 0 Å². The van der Waals surface area contributed by atoms with Crippen LogP contribution in [0.4, 0.5) is 0 Å². The minimum absolute atomic E-state index is 0.0239. The molecule has 0 unspecified atom stereocenters. The third-order valence-corrected chi connectivity index (χ3v) is 3.97. The summed E-state index contributed by atoms with van der Waals surface area (Å²) < 4.78 is 0. The Morgan fingerprint density at radius 1 is 0.762 bits per heavy atom. The molecule has 0 heterocycles. The molecule has 2 rings (SSSR count). The average molecular weight is 286 g/mol. The van der Waals surface area contributed by atoms with E-state index in [9.17, 15) is 15.3 Å². The molecule has 0 bridgehead atoms. The van der Waals surface area contributed by atoms with Gasteiger partial charge in [-0.05, 0) is 36.0 Å². The first kappa shape index (κ1) is 15.2. The fraction of sp³-hybridized carbons (Fsp3) is 0.333. The predicted octanol–water partition coefficient (Wildman–Crippen LogP) is 4.16. The van der Waals surface area contributed by atoms with Crippen LogP contribution >= 0.6 is 0 Å². The Hall–Kier alpha value is -2.16. The molecule has 112 valence electrons. The predicted molar refractivity (Wildman–Crippen MR) is 85.0 cm³/mol. The van der Waals surface area contributed by atoms with Crippen molar-refractivity contribution in [2.24, 2.45) is 0 Å². The van der Waals surface area contributed by atoms with Crippen molar-refractivity contribution in [1.29, 1.82) is 0 Å². The Balaban J connectivity index is 2.90. The van der Waals surface area contributed by atoms with Crippen LogP contribution in [0, 0.1) is 0 Å². The van der Waals surface area contributed by atoms with Crippen molar-refractivity contribution >= 4 is 0 Å². The molecule has 3 heteroatoms. The molecular formula is C18H22O3. The molecule has 0 saturated heterocycles. The topological polar surface area (TPSA) is 60.7 Å². The van der Waals surface area contributed by atoms with Crippen molar-refractivity contribution in [2.45, 2.75) is 40.0 Å². The molecule has 0 amide bonds.